The molecule has 0 aliphatic carbocycles. The van der Waals surface area contributed by atoms with Gasteiger partial charge in [-0.1, -0.05) is 55.7 Å². The van der Waals surface area contributed by atoms with Crippen LogP contribution in [0.4, 0.5) is 0 Å². The first kappa shape index (κ1) is 17.7. The minimum atomic E-state index is 0.0989. The second kappa shape index (κ2) is 8.32. The van der Waals surface area contributed by atoms with Crippen LogP contribution in [0.25, 0.3) is 10.1 Å². The van der Waals surface area contributed by atoms with Gasteiger partial charge in [0.1, 0.15) is 12.4 Å². The van der Waals surface area contributed by atoms with Crippen molar-refractivity contribution >= 4 is 21.6 Å². The smallest absolute Gasteiger partial charge is 0.268 e. The number of ether oxygens (including phenoxy) is 1. The molecule has 1 aromatic heterocycles. The minimum Gasteiger partial charge on any atom is -0.489 e. The van der Waals surface area contributed by atoms with Gasteiger partial charge in [-0.25, -0.2) is 0 Å². The maximum absolute atomic E-state index is 12.5. The van der Waals surface area contributed by atoms with Gasteiger partial charge in [0.15, 0.2) is 0 Å². The summed E-state index contributed by atoms with van der Waals surface area (Å²) in [7, 11) is 0. The fraction of sp³-hybridized carbons (Fsp3) is 0.350. The lowest BCUT2D eigenvalue weighted by molar-refractivity contribution is 0.293. The summed E-state index contributed by atoms with van der Waals surface area (Å²) in [5.41, 5.74) is 1.23. The van der Waals surface area contributed by atoms with Crippen LogP contribution in [0, 0.1) is 0 Å². The van der Waals surface area contributed by atoms with Gasteiger partial charge >= 0.3 is 0 Å². The van der Waals surface area contributed by atoms with E-state index in [0.29, 0.717) is 6.61 Å². The van der Waals surface area contributed by atoms with Crippen molar-refractivity contribution in [2.24, 2.45) is 0 Å². The first-order chi connectivity index (χ1) is 12.2. The van der Waals surface area contributed by atoms with E-state index in [1.165, 1.54) is 11.5 Å². The molecule has 0 aliphatic heterocycles. The van der Waals surface area contributed by atoms with Gasteiger partial charge in [0, 0.05) is 13.1 Å². The molecule has 25 heavy (non-hydrogen) atoms. The highest BCUT2D eigenvalue weighted by Gasteiger charge is 2.10. The van der Waals surface area contributed by atoms with Crippen LogP contribution < -0.4 is 10.3 Å². The van der Waals surface area contributed by atoms with Crippen LogP contribution in [0.2, 0.25) is 0 Å². The zero-order valence-electron chi connectivity index (χ0n) is 14.8. The van der Waals surface area contributed by atoms with Gasteiger partial charge in [0.05, 0.1) is 10.1 Å². The first-order valence-electron chi connectivity index (χ1n) is 8.74. The van der Waals surface area contributed by atoms with Gasteiger partial charge in [-0.05, 0) is 36.9 Å². The zero-order valence-corrected chi connectivity index (χ0v) is 15.6. The quantitative estimate of drug-likeness (QED) is 0.612. The summed E-state index contributed by atoms with van der Waals surface area (Å²) >= 11 is 1.52. The molecule has 3 rings (SSSR count). The van der Waals surface area contributed by atoms with E-state index in [4.69, 9.17) is 4.74 Å². The van der Waals surface area contributed by atoms with E-state index in [-0.39, 0.29) is 5.56 Å². The molecule has 2 aromatic carbocycles. The third-order valence-corrected chi connectivity index (χ3v) is 5.48. The van der Waals surface area contributed by atoms with Gasteiger partial charge in [-0.2, -0.15) is 0 Å². The molecule has 5 heteroatoms. The molecule has 132 valence electrons. The number of nitrogens with zero attached hydrogens (tertiary/aromatic N) is 2. The third-order valence-electron chi connectivity index (χ3n) is 4.38. The Morgan fingerprint density at radius 2 is 1.84 bits per heavy atom. The zero-order chi connectivity index (χ0) is 17.6. The molecule has 4 nitrogen and oxygen atoms in total. The molecule has 1 heterocycles. The van der Waals surface area contributed by atoms with Crippen LogP contribution in [-0.2, 0) is 13.2 Å². The Morgan fingerprint density at radius 1 is 1.08 bits per heavy atom. The summed E-state index contributed by atoms with van der Waals surface area (Å²) in [6.45, 7) is 8.48. The Kier molecular flexibility index (Phi) is 5.89. The SMILES string of the molecule is CCN(CC)CCn1sc2cc(OCc3ccccc3)ccc2c1=O. The van der Waals surface area contributed by atoms with Crippen molar-refractivity contribution in [3.63, 3.8) is 0 Å². The van der Waals surface area contributed by atoms with Crippen molar-refractivity contribution in [1.82, 2.24) is 8.86 Å². The molecule has 0 N–H and O–H groups in total. The van der Waals surface area contributed by atoms with Crippen molar-refractivity contribution in [3.05, 3.63) is 64.4 Å². The monoisotopic (exact) mass is 356 g/mol. The Morgan fingerprint density at radius 3 is 2.56 bits per heavy atom. The average Bonchev–Trinajstić information content (AvgIpc) is 2.97. The minimum absolute atomic E-state index is 0.0989. The maximum atomic E-state index is 12.5. The predicted molar refractivity (Wildman–Crippen MR) is 105 cm³/mol. The lowest BCUT2D eigenvalue weighted by atomic mass is 10.2. The molecule has 0 spiro atoms. The Balaban J connectivity index is 1.73. The topological polar surface area (TPSA) is 34.5 Å². The van der Waals surface area contributed by atoms with Gasteiger partial charge < -0.3 is 9.64 Å². The highest BCUT2D eigenvalue weighted by molar-refractivity contribution is 7.13. The van der Waals surface area contributed by atoms with E-state index in [2.05, 4.69) is 18.7 Å². The molecule has 0 atom stereocenters. The summed E-state index contributed by atoms with van der Waals surface area (Å²) in [5, 5.41) is 0.775. The Hall–Kier alpha value is -2.11. The number of rotatable bonds is 8. The molecule has 0 saturated carbocycles. The highest BCUT2D eigenvalue weighted by atomic mass is 32.1. The molecule has 0 unspecified atom stereocenters. The van der Waals surface area contributed by atoms with Crippen LogP contribution in [0.1, 0.15) is 19.4 Å². The van der Waals surface area contributed by atoms with Gasteiger partial charge in [-0.15, -0.1) is 0 Å². The molecule has 0 saturated heterocycles. The maximum Gasteiger partial charge on any atom is 0.268 e. The summed E-state index contributed by atoms with van der Waals surface area (Å²) in [4.78, 5) is 14.8. The molecule has 0 amide bonds. The van der Waals surface area contributed by atoms with Crippen molar-refractivity contribution in [2.45, 2.75) is 27.0 Å². The number of benzene rings is 2. The fourth-order valence-corrected chi connectivity index (χ4v) is 3.81. The van der Waals surface area contributed by atoms with Crippen molar-refractivity contribution in [3.8, 4) is 5.75 Å². The number of likely N-dealkylation sites (N-methyl/N-ethyl adjacent to an activating group) is 1. The van der Waals surface area contributed by atoms with Crippen LogP contribution in [-0.4, -0.2) is 28.5 Å². The normalized spacial score (nSPS) is 11.3. The molecule has 0 fully saturated rings. The Labute approximate surface area is 152 Å². The van der Waals surface area contributed by atoms with Gasteiger partial charge in [0.2, 0.25) is 0 Å². The molecule has 0 bridgehead atoms. The lowest BCUT2D eigenvalue weighted by Crippen LogP contribution is -2.28. The lowest BCUT2D eigenvalue weighted by Gasteiger charge is -2.17. The van der Waals surface area contributed by atoms with E-state index in [0.717, 1.165) is 47.6 Å². The largest absolute Gasteiger partial charge is 0.489 e. The van der Waals surface area contributed by atoms with Crippen molar-refractivity contribution < 1.29 is 4.74 Å². The molecular formula is C20H24N2O2S. The van der Waals surface area contributed by atoms with Crippen molar-refractivity contribution in [2.75, 3.05) is 19.6 Å². The van der Waals surface area contributed by atoms with Crippen molar-refractivity contribution in [1.29, 1.82) is 0 Å². The third kappa shape index (κ3) is 4.30. The summed E-state index contributed by atoms with van der Waals surface area (Å²) in [6, 6.07) is 15.8. The molecule has 0 radical (unpaired) electrons. The molecular weight excluding hydrogens is 332 g/mol. The average molecular weight is 356 g/mol. The van der Waals surface area contributed by atoms with Gasteiger partial charge in [-0.3, -0.25) is 8.75 Å². The molecule has 0 aliphatic rings. The van der Waals surface area contributed by atoms with Crippen LogP contribution >= 0.6 is 11.5 Å². The number of hydrogen-bond donors (Lipinski definition) is 0. The van der Waals surface area contributed by atoms with Gasteiger partial charge in [0.25, 0.3) is 5.56 Å². The highest BCUT2D eigenvalue weighted by Crippen LogP contribution is 2.23. The predicted octanol–water partition coefficient (Wildman–Crippen LogP) is 3.98. The van der Waals surface area contributed by atoms with E-state index < -0.39 is 0 Å². The first-order valence-corrected chi connectivity index (χ1v) is 9.51. The summed E-state index contributed by atoms with van der Waals surface area (Å²) < 4.78 is 8.70. The summed E-state index contributed by atoms with van der Waals surface area (Å²) in [5.74, 6) is 0.800. The van der Waals surface area contributed by atoms with E-state index in [1.807, 2.05) is 52.5 Å². The number of aromatic nitrogens is 1. The van der Waals surface area contributed by atoms with Crippen LogP contribution in [0.5, 0.6) is 5.75 Å². The number of fused-ring (bicyclic) bond motifs is 1. The van der Waals surface area contributed by atoms with Crippen LogP contribution in [0.3, 0.4) is 0 Å². The molecule has 3 aromatic rings. The second-order valence-corrected chi connectivity index (χ2v) is 7.02. The van der Waals surface area contributed by atoms with E-state index >= 15 is 0 Å². The second-order valence-electron chi connectivity index (χ2n) is 5.96. The standard InChI is InChI=1S/C20H24N2O2S/c1-3-21(4-2)12-13-22-20(23)18-11-10-17(14-19(18)25-22)24-15-16-8-6-5-7-9-16/h5-11,14H,3-4,12-13,15H2,1-2H3. The number of hydrogen-bond acceptors (Lipinski definition) is 4. The fourth-order valence-electron chi connectivity index (χ4n) is 2.80. The van der Waals surface area contributed by atoms with Crippen LogP contribution in [0.15, 0.2) is 53.3 Å². The Bertz CT molecular complexity index is 866. The van der Waals surface area contributed by atoms with E-state index in [1.54, 1.807) is 0 Å². The van der Waals surface area contributed by atoms with E-state index in [9.17, 15) is 4.79 Å². The summed E-state index contributed by atoms with van der Waals surface area (Å²) in [6.07, 6.45) is 0.